The van der Waals surface area contributed by atoms with Gasteiger partial charge in [0.1, 0.15) is 11.2 Å². The van der Waals surface area contributed by atoms with Gasteiger partial charge in [0, 0.05) is 58.3 Å². The van der Waals surface area contributed by atoms with Crippen LogP contribution in [-0.4, -0.2) is 9.13 Å². The molecule has 3 heterocycles. The van der Waals surface area contributed by atoms with Crippen LogP contribution in [0.4, 0.5) is 0 Å². The van der Waals surface area contributed by atoms with Crippen molar-refractivity contribution >= 4 is 65.6 Å². The monoisotopic (exact) mass is 576 g/mol. The fourth-order valence-electron chi connectivity index (χ4n) is 6.75. The minimum absolute atomic E-state index is 0. The zero-order valence-corrected chi connectivity index (χ0v) is 22.7. The average Bonchev–Trinajstić information content (AvgIpc) is 3.71. The number of rotatable bonds is 2. The summed E-state index contributed by atoms with van der Waals surface area (Å²) in [7, 11) is 0. The molecule has 5 nitrogen and oxygen atoms in total. The van der Waals surface area contributed by atoms with Crippen LogP contribution in [0, 0.1) is 22.7 Å². The van der Waals surface area contributed by atoms with E-state index in [1.165, 1.54) is 10.8 Å². The third-order valence-corrected chi connectivity index (χ3v) is 8.54. The minimum Gasteiger partial charge on any atom is -0.456 e. The van der Waals surface area contributed by atoms with E-state index in [1.54, 1.807) is 0 Å². The van der Waals surface area contributed by atoms with Crippen LogP contribution in [0.1, 0.15) is 31.1 Å². The second-order valence-corrected chi connectivity index (χ2v) is 10.8. The number of furan rings is 1. The van der Waals surface area contributed by atoms with Gasteiger partial charge in [-0.05, 0) is 78.9 Å². The molecule has 43 heavy (non-hydrogen) atoms. The van der Waals surface area contributed by atoms with Crippen LogP contribution >= 0.6 is 0 Å². The molecule has 0 saturated carbocycles. The van der Waals surface area contributed by atoms with Crippen LogP contribution in [0.3, 0.4) is 0 Å². The number of nitriles is 2. The van der Waals surface area contributed by atoms with E-state index < -0.39 is 0 Å². The second kappa shape index (κ2) is 8.60. The highest BCUT2D eigenvalue weighted by molar-refractivity contribution is 6.24. The summed E-state index contributed by atoms with van der Waals surface area (Å²) in [4.78, 5) is 0. The Kier molecular flexibility index (Phi) is 4.68. The number of fused-ring (bicyclic) bond motifs is 10. The van der Waals surface area contributed by atoms with Gasteiger partial charge in [-0.15, -0.1) is 0 Å². The maximum Gasteiger partial charge on any atom is 0.137 e. The maximum absolute atomic E-state index is 9.62. The van der Waals surface area contributed by atoms with E-state index in [-0.39, 0.29) is 20.0 Å². The normalized spacial score (nSPS) is 11.7. The Balaban J connectivity index is -0.000000464. The van der Waals surface area contributed by atoms with Crippen molar-refractivity contribution in [1.82, 2.24) is 9.13 Å². The van der Waals surface area contributed by atoms with E-state index in [9.17, 15) is 10.5 Å². The van der Waals surface area contributed by atoms with Gasteiger partial charge in [-0.3, -0.25) is 0 Å². The Morgan fingerprint density at radius 1 is 0.488 bits per heavy atom. The van der Waals surface area contributed by atoms with Crippen molar-refractivity contribution < 1.29 is 24.4 Å². The third kappa shape index (κ3) is 3.19. The molecule has 0 aliphatic heterocycles. The Labute approximate surface area is 266 Å². The third-order valence-electron chi connectivity index (χ3n) is 8.54. The van der Waals surface area contributed by atoms with Gasteiger partial charge in [-0.25, -0.2) is 0 Å². The molecule has 3 aromatic heterocycles. The predicted molar refractivity (Wildman–Crippen MR) is 201 cm³/mol. The number of para-hydroxylation sites is 2. The summed E-state index contributed by atoms with van der Waals surface area (Å²) >= 11 is 0. The molecule has 0 spiro atoms. The zero-order valence-electron chi connectivity index (χ0n) is 22.7. The van der Waals surface area contributed by atoms with Crippen molar-refractivity contribution in [2.45, 2.75) is 0 Å². The molecular formula is C38H48N4O. The van der Waals surface area contributed by atoms with Crippen LogP contribution in [-0.2, 0) is 0 Å². The van der Waals surface area contributed by atoms with Crippen LogP contribution in [0.15, 0.2) is 126 Å². The van der Waals surface area contributed by atoms with Crippen molar-refractivity contribution in [3.05, 3.63) is 132 Å². The SMILES string of the molecule is N#Cc1ccc2c(c1)c1cc(C#N)ccc1n2-c1cccc(-n2c3ccccc3c3ccc4oc5ccccc5c4c32)c1.[HH].[HH].[HH].[HH].[HH].[HH].[HH].[HH].[HH].[HH].[HH].[HH].[HH].[HH]. The molecule has 0 amide bonds. The topological polar surface area (TPSA) is 70.6 Å². The zero-order chi connectivity index (χ0) is 28.7. The molecule has 0 aliphatic rings. The fourth-order valence-corrected chi connectivity index (χ4v) is 6.75. The highest BCUT2D eigenvalue weighted by Crippen LogP contribution is 2.41. The van der Waals surface area contributed by atoms with Crippen molar-refractivity contribution in [1.29, 1.82) is 10.5 Å². The maximum atomic E-state index is 9.62. The van der Waals surface area contributed by atoms with E-state index >= 15 is 0 Å². The predicted octanol–water partition coefficient (Wildman–Crippen LogP) is 13.0. The van der Waals surface area contributed by atoms with E-state index in [2.05, 4.69) is 94.1 Å². The summed E-state index contributed by atoms with van der Waals surface area (Å²) in [5, 5.41) is 25.7. The largest absolute Gasteiger partial charge is 0.456 e. The van der Waals surface area contributed by atoms with Gasteiger partial charge in [0.05, 0.1) is 50.7 Å². The highest BCUT2D eigenvalue weighted by Gasteiger charge is 2.20. The minimum atomic E-state index is 0. The Bertz CT molecular complexity index is 2680. The molecule has 9 aromatic rings. The van der Waals surface area contributed by atoms with Crippen LogP contribution < -0.4 is 0 Å². The summed E-state index contributed by atoms with van der Waals surface area (Å²) in [6.45, 7) is 0. The number of benzene rings is 6. The molecule has 0 atom stereocenters. The molecule has 6 aromatic carbocycles. The number of hydrogen-bond donors (Lipinski definition) is 0. The molecule has 0 saturated heterocycles. The Morgan fingerprint density at radius 2 is 1.12 bits per heavy atom. The van der Waals surface area contributed by atoms with Gasteiger partial charge < -0.3 is 13.6 Å². The van der Waals surface area contributed by atoms with Crippen molar-refractivity contribution in [3.63, 3.8) is 0 Å². The summed E-state index contributed by atoms with van der Waals surface area (Å²) in [6.07, 6.45) is 0. The molecular weight excluding hydrogens is 528 g/mol. The first kappa shape index (κ1) is 23.4. The number of hydrogen-bond acceptors (Lipinski definition) is 3. The lowest BCUT2D eigenvalue weighted by Crippen LogP contribution is -1.99. The number of nitrogens with zero attached hydrogens (tertiary/aromatic N) is 4. The second-order valence-electron chi connectivity index (χ2n) is 10.8. The molecule has 0 fully saturated rings. The smallest absolute Gasteiger partial charge is 0.137 e. The molecule has 9 rings (SSSR count). The standard InChI is InChI=1S/C38H20N4O.14H2/c39-21-23-12-15-33-30(18-23)31-19-24(22-40)13-16-34(31)41(33)25-6-5-7-26(20-25)42-32-10-3-1-8-27(32)28-14-17-36-37(38(28)42)29-9-2-4-11-35(29)43-36;;;;;;;;;;;;;;/h1-20H;14*1H. The lowest BCUT2D eigenvalue weighted by Gasteiger charge is -2.13. The Morgan fingerprint density at radius 3 is 1.84 bits per heavy atom. The molecule has 0 aliphatic carbocycles. The van der Waals surface area contributed by atoms with Crippen molar-refractivity contribution in [3.8, 4) is 23.5 Å². The van der Waals surface area contributed by atoms with Gasteiger partial charge >= 0.3 is 0 Å². The van der Waals surface area contributed by atoms with Crippen molar-refractivity contribution in [2.75, 3.05) is 0 Å². The van der Waals surface area contributed by atoms with Gasteiger partial charge in [0.15, 0.2) is 0 Å². The molecule has 226 valence electrons. The summed E-state index contributed by atoms with van der Waals surface area (Å²) in [5.41, 5.74) is 9.10. The highest BCUT2D eigenvalue weighted by atomic mass is 16.3. The molecule has 5 heteroatoms. The first-order chi connectivity index (χ1) is 21.2. The summed E-state index contributed by atoms with van der Waals surface area (Å²) in [6, 6.07) is 45.5. The van der Waals surface area contributed by atoms with Gasteiger partial charge in [0.2, 0.25) is 0 Å². The van der Waals surface area contributed by atoms with Crippen LogP contribution in [0.5, 0.6) is 0 Å². The Hall–Kier alpha value is -6.30. The van der Waals surface area contributed by atoms with E-state index in [4.69, 9.17) is 4.42 Å². The van der Waals surface area contributed by atoms with Gasteiger partial charge in [-0.1, -0.05) is 42.5 Å². The molecule has 0 bridgehead atoms. The van der Waals surface area contributed by atoms with Crippen LogP contribution in [0.25, 0.3) is 76.9 Å². The lowest BCUT2D eigenvalue weighted by atomic mass is 10.1. The van der Waals surface area contributed by atoms with Crippen molar-refractivity contribution in [2.24, 2.45) is 0 Å². The van der Waals surface area contributed by atoms with E-state index in [1.807, 2.05) is 48.5 Å². The molecule has 0 radical (unpaired) electrons. The van der Waals surface area contributed by atoms with E-state index in [0.29, 0.717) is 11.1 Å². The average molecular weight is 577 g/mol. The quantitative estimate of drug-likeness (QED) is 0.205. The summed E-state index contributed by atoms with van der Waals surface area (Å²) < 4.78 is 10.9. The first-order valence-electron chi connectivity index (χ1n) is 14.1. The van der Waals surface area contributed by atoms with Crippen LogP contribution in [0.2, 0.25) is 0 Å². The number of aromatic nitrogens is 2. The first-order valence-corrected chi connectivity index (χ1v) is 14.1. The summed E-state index contributed by atoms with van der Waals surface area (Å²) in [5.74, 6) is 0. The van der Waals surface area contributed by atoms with Gasteiger partial charge in [-0.2, -0.15) is 10.5 Å². The van der Waals surface area contributed by atoms with E-state index in [0.717, 1.165) is 66.2 Å². The fraction of sp³-hybridized carbons (Fsp3) is 0. The van der Waals surface area contributed by atoms with Gasteiger partial charge in [0.25, 0.3) is 0 Å². The lowest BCUT2D eigenvalue weighted by molar-refractivity contribution is 0.669. The molecule has 0 N–H and O–H groups in total. The molecule has 0 unspecified atom stereocenters.